The van der Waals surface area contributed by atoms with Gasteiger partial charge < -0.3 is 0 Å². The minimum absolute atomic E-state index is 0.353. The molecule has 1 saturated carbocycles. The fourth-order valence-corrected chi connectivity index (χ4v) is 3.13. The Morgan fingerprint density at radius 3 is 3.09 bits per heavy atom. The number of fused-ring (bicyclic) bond motifs is 1. The minimum Gasteiger partial charge on any atom is -0.292 e. The zero-order chi connectivity index (χ0) is 16.0. The molecule has 3 N–H and O–H groups in total. The molecule has 0 unspecified atom stereocenters. The zero-order valence-electron chi connectivity index (χ0n) is 12.4. The topological polar surface area (TPSA) is 87.1 Å². The van der Waals surface area contributed by atoms with E-state index in [-0.39, 0.29) is 6.03 Å². The van der Waals surface area contributed by atoms with E-state index in [0.717, 1.165) is 15.8 Å². The molecule has 1 aliphatic carbocycles. The van der Waals surface area contributed by atoms with Gasteiger partial charge in [0.25, 0.3) is 0 Å². The Hall–Kier alpha value is -2.35. The van der Waals surface area contributed by atoms with Gasteiger partial charge in [-0.05, 0) is 40.4 Å². The summed E-state index contributed by atoms with van der Waals surface area (Å²) in [6.07, 6.45) is 4.62. The van der Waals surface area contributed by atoms with Crippen molar-refractivity contribution in [3.63, 3.8) is 0 Å². The average molecular weight is 375 g/mol. The van der Waals surface area contributed by atoms with Crippen LogP contribution in [0.15, 0.2) is 35.1 Å². The second-order valence-electron chi connectivity index (χ2n) is 5.80. The van der Waals surface area contributed by atoms with Crippen LogP contribution >= 0.6 is 15.9 Å². The molecule has 1 aliphatic rings. The molecule has 0 aliphatic heterocycles. The van der Waals surface area contributed by atoms with Crippen LogP contribution in [-0.4, -0.2) is 25.6 Å². The van der Waals surface area contributed by atoms with Gasteiger partial charge in [0.15, 0.2) is 11.5 Å². The van der Waals surface area contributed by atoms with Gasteiger partial charge in [0, 0.05) is 23.9 Å². The van der Waals surface area contributed by atoms with E-state index in [9.17, 15) is 4.79 Å². The molecular formula is C15H15BrN6O. The van der Waals surface area contributed by atoms with Crippen molar-refractivity contribution >= 4 is 39.2 Å². The van der Waals surface area contributed by atoms with Crippen molar-refractivity contribution < 1.29 is 4.79 Å². The molecule has 1 fully saturated rings. The lowest BCUT2D eigenvalue weighted by Crippen LogP contribution is -2.20. The van der Waals surface area contributed by atoms with Gasteiger partial charge in [-0.1, -0.05) is 6.92 Å². The molecule has 3 aromatic rings. The number of hydrogen-bond acceptors (Lipinski definition) is 3. The van der Waals surface area contributed by atoms with E-state index in [4.69, 9.17) is 0 Å². The summed E-state index contributed by atoms with van der Waals surface area (Å²) in [5.41, 5.74) is 1.82. The summed E-state index contributed by atoms with van der Waals surface area (Å²) in [5, 5.41) is 12.6. The van der Waals surface area contributed by atoms with Gasteiger partial charge in [-0.2, -0.15) is 5.10 Å². The lowest BCUT2D eigenvalue weighted by atomic mass is 10.2. The number of aromatic nitrogens is 4. The Labute approximate surface area is 140 Å². The number of rotatable bonds is 3. The van der Waals surface area contributed by atoms with E-state index >= 15 is 0 Å². The van der Waals surface area contributed by atoms with Crippen LogP contribution in [0.5, 0.6) is 0 Å². The highest BCUT2D eigenvalue weighted by molar-refractivity contribution is 9.10. The summed E-state index contributed by atoms with van der Waals surface area (Å²) in [4.78, 5) is 16.4. The maximum atomic E-state index is 12.1. The lowest BCUT2D eigenvalue weighted by molar-refractivity contribution is 0.262. The van der Waals surface area contributed by atoms with Crippen molar-refractivity contribution in [3.8, 4) is 0 Å². The number of hydrogen-bond donors (Lipinski definition) is 3. The van der Waals surface area contributed by atoms with Crippen LogP contribution < -0.4 is 10.6 Å². The molecule has 118 valence electrons. The van der Waals surface area contributed by atoms with Crippen LogP contribution in [0.1, 0.15) is 25.0 Å². The molecule has 0 saturated heterocycles. The van der Waals surface area contributed by atoms with Gasteiger partial charge in [0.1, 0.15) is 5.82 Å². The van der Waals surface area contributed by atoms with Crippen molar-refractivity contribution in [1.29, 1.82) is 0 Å². The molecular weight excluding hydrogens is 360 g/mol. The molecule has 3 heterocycles. The first kappa shape index (κ1) is 14.3. The Morgan fingerprint density at radius 2 is 2.30 bits per heavy atom. The maximum absolute atomic E-state index is 12.1. The number of anilines is 2. The van der Waals surface area contributed by atoms with Gasteiger partial charge >= 0.3 is 6.03 Å². The summed E-state index contributed by atoms with van der Waals surface area (Å²) in [5.74, 6) is 2.34. The summed E-state index contributed by atoms with van der Waals surface area (Å²) in [6, 6.07) is 5.31. The Bertz CT molecular complexity index is 885. The molecule has 8 heteroatoms. The second-order valence-corrected chi connectivity index (χ2v) is 6.65. The third kappa shape index (κ3) is 2.70. The fraction of sp³-hybridized carbons (Fsp3) is 0.267. The Morgan fingerprint density at radius 1 is 1.48 bits per heavy atom. The van der Waals surface area contributed by atoms with Gasteiger partial charge in [0.05, 0.1) is 10.7 Å². The highest BCUT2D eigenvalue weighted by atomic mass is 79.9. The first-order valence-electron chi connectivity index (χ1n) is 7.36. The van der Waals surface area contributed by atoms with Crippen molar-refractivity contribution in [3.05, 3.63) is 40.8 Å². The summed E-state index contributed by atoms with van der Waals surface area (Å²) >= 11 is 3.43. The van der Waals surface area contributed by atoms with Crippen LogP contribution in [-0.2, 0) is 0 Å². The van der Waals surface area contributed by atoms with E-state index in [1.807, 2.05) is 24.4 Å². The van der Waals surface area contributed by atoms with E-state index < -0.39 is 0 Å². The van der Waals surface area contributed by atoms with Crippen LogP contribution in [0.2, 0.25) is 0 Å². The Balaban J connectivity index is 1.47. The standard InChI is InChI=1S/C15H15BrN6O/c1-8-5-9(8)11-6-12(21-20-11)18-15(23)19-13-7-17-14-10(16)3-2-4-22(13)14/h2-4,6-9H,5H2,1H3,(H3,18,19,20,21,23)/t8-,9-/m0/s1. The smallest absolute Gasteiger partial charge is 0.292 e. The van der Waals surface area contributed by atoms with Gasteiger partial charge in [-0.25, -0.2) is 9.78 Å². The third-order valence-electron chi connectivity index (χ3n) is 4.08. The molecule has 2 amide bonds. The van der Waals surface area contributed by atoms with Crippen LogP contribution in [0, 0.1) is 5.92 Å². The molecule has 0 spiro atoms. The number of aromatic amines is 1. The summed E-state index contributed by atoms with van der Waals surface area (Å²) < 4.78 is 2.66. The predicted octanol–water partition coefficient (Wildman–Crippen LogP) is 3.59. The summed E-state index contributed by atoms with van der Waals surface area (Å²) in [6.45, 7) is 2.20. The first-order valence-corrected chi connectivity index (χ1v) is 8.16. The molecule has 0 aromatic carbocycles. The van der Waals surface area contributed by atoms with Crippen LogP contribution in [0.4, 0.5) is 16.4 Å². The van der Waals surface area contributed by atoms with Crippen molar-refractivity contribution in [1.82, 2.24) is 19.6 Å². The number of imidazole rings is 1. The van der Waals surface area contributed by atoms with E-state index in [1.165, 1.54) is 6.42 Å². The number of halogens is 1. The predicted molar refractivity (Wildman–Crippen MR) is 90.6 cm³/mol. The molecule has 0 radical (unpaired) electrons. The molecule has 3 aromatic heterocycles. The molecule has 0 bridgehead atoms. The average Bonchev–Trinajstić information content (AvgIpc) is 2.92. The number of carbonyl (C=O) groups excluding carboxylic acids is 1. The number of nitrogens with one attached hydrogen (secondary N) is 3. The van der Waals surface area contributed by atoms with Crippen molar-refractivity contribution in [2.45, 2.75) is 19.3 Å². The number of H-pyrrole nitrogens is 1. The molecule has 2 atom stereocenters. The van der Waals surface area contributed by atoms with Crippen LogP contribution in [0.3, 0.4) is 0 Å². The number of urea groups is 1. The van der Waals surface area contributed by atoms with Crippen molar-refractivity contribution in [2.24, 2.45) is 5.92 Å². The van der Waals surface area contributed by atoms with Crippen LogP contribution in [0.25, 0.3) is 5.65 Å². The number of amides is 2. The SMILES string of the molecule is C[C@H]1C[C@@H]1c1cc(NC(=O)Nc2cnc3c(Br)cccn23)n[nH]1. The third-order valence-corrected chi connectivity index (χ3v) is 4.70. The highest BCUT2D eigenvalue weighted by Crippen LogP contribution is 2.46. The fourth-order valence-electron chi connectivity index (χ4n) is 2.68. The second kappa shape index (κ2) is 5.38. The summed E-state index contributed by atoms with van der Waals surface area (Å²) in [7, 11) is 0. The van der Waals surface area contributed by atoms with Gasteiger partial charge in [-0.15, -0.1) is 0 Å². The normalized spacial score (nSPS) is 19.7. The monoisotopic (exact) mass is 374 g/mol. The van der Waals surface area contributed by atoms with E-state index in [0.29, 0.717) is 23.5 Å². The highest BCUT2D eigenvalue weighted by Gasteiger charge is 2.35. The lowest BCUT2D eigenvalue weighted by Gasteiger charge is -2.05. The van der Waals surface area contributed by atoms with Crippen molar-refractivity contribution in [2.75, 3.05) is 10.6 Å². The maximum Gasteiger partial charge on any atom is 0.326 e. The quantitative estimate of drug-likeness (QED) is 0.654. The zero-order valence-corrected chi connectivity index (χ0v) is 14.0. The van der Waals surface area contributed by atoms with Gasteiger partial charge in [-0.3, -0.25) is 20.1 Å². The van der Waals surface area contributed by atoms with E-state index in [2.05, 4.69) is 48.7 Å². The van der Waals surface area contributed by atoms with Gasteiger partial charge in [0.2, 0.25) is 0 Å². The number of carbonyl (C=O) groups is 1. The first-order chi connectivity index (χ1) is 11.1. The number of pyridine rings is 1. The largest absolute Gasteiger partial charge is 0.326 e. The molecule has 23 heavy (non-hydrogen) atoms. The Kier molecular flexibility index (Phi) is 3.33. The molecule has 7 nitrogen and oxygen atoms in total. The minimum atomic E-state index is -0.353. The number of nitrogens with zero attached hydrogens (tertiary/aromatic N) is 3. The molecule has 4 rings (SSSR count). The van der Waals surface area contributed by atoms with E-state index in [1.54, 1.807) is 10.6 Å².